The van der Waals surface area contributed by atoms with Gasteiger partial charge in [-0.05, 0) is 68.6 Å². The van der Waals surface area contributed by atoms with Crippen LogP contribution in [0.1, 0.15) is 31.2 Å². The second-order valence-corrected chi connectivity index (χ2v) is 13.2. The molecule has 1 N–H and O–H groups in total. The predicted octanol–water partition coefficient (Wildman–Crippen LogP) is 4.89. The largest absolute Gasteiger partial charge is 0.476 e. The van der Waals surface area contributed by atoms with Gasteiger partial charge < -0.3 is 14.5 Å². The topological polar surface area (TPSA) is 105 Å². The van der Waals surface area contributed by atoms with Crippen molar-refractivity contribution < 1.29 is 17.9 Å². The van der Waals surface area contributed by atoms with Crippen LogP contribution in [0.4, 0.5) is 11.4 Å². The van der Waals surface area contributed by atoms with E-state index in [2.05, 4.69) is 19.6 Å². The minimum atomic E-state index is -3.82. The van der Waals surface area contributed by atoms with Crippen LogP contribution in [0.25, 0.3) is 22.0 Å². The average molecular weight is 578 g/mol. The van der Waals surface area contributed by atoms with Crippen LogP contribution in [0, 0.1) is 0 Å². The molecule has 0 saturated heterocycles. The van der Waals surface area contributed by atoms with Gasteiger partial charge in [-0.2, -0.15) is 11.3 Å². The number of nitrogens with zero attached hydrogens (tertiary/aromatic N) is 4. The third-order valence-electron chi connectivity index (χ3n) is 7.83. The molecule has 0 radical (unpaired) electrons. The van der Waals surface area contributed by atoms with Crippen molar-refractivity contribution in [2.45, 2.75) is 36.0 Å². The van der Waals surface area contributed by atoms with Crippen molar-refractivity contribution in [3.05, 3.63) is 59.0 Å². The van der Waals surface area contributed by atoms with Crippen LogP contribution in [-0.4, -0.2) is 63.5 Å². The van der Waals surface area contributed by atoms with Gasteiger partial charge in [-0.15, -0.1) is 0 Å². The Kier molecular flexibility index (Phi) is 6.76. The summed E-state index contributed by atoms with van der Waals surface area (Å²) in [6, 6.07) is 9.25. The lowest BCUT2D eigenvalue weighted by Gasteiger charge is -2.37. The smallest absolute Gasteiger partial charge is 0.262 e. The molecule has 0 bridgehead atoms. The van der Waals surface area contributed by atoms with E-state index in [0.717, 1.165) is 65.5 Å². The first-order valence-corrected chi connectivity index (χ1v) is 15.7. The predicted molar refractivity (Wildman–Crippen MR) is 158 cm³/mol. The molecule has 4 heterocycles. The molecule has 1 aliphatic heterocycles. The molecule has 208 valence electrons. The Morgan fingerprint density at radius 3 is 2.65 bits per heavy atom. The first-order chi connectivity index (χ1) is 19.2. The highest BCUT2D eigenvalue weighted by Gasteiger charge is 2.54. The average Bonchev–Trinajstić information content (AvgIpc) is 3.53. The second-order valence-electron chi connectivity index (χ2n) is 10.7. The zero-order valence-electron chi connectivity index (χ0n) is 22.7. The number of hydrogen-bond acceptors (Lipinski definition) is 8. The molecule has 0 unspecified atom stereocenters. The highest BCUT2D eigenvalue weighted by Crippen LogP contribution is 2.55. The molecule has 3 aromatic heterocycles. The van der Waals surface area contributed by atoms with Gasteiger partial charge >= 0.3 is 0 Å². The van der Waals surface area contributed by atoms with Gasteiger partial charge in [-0.3, -0.25) is 14.5 Å². The minimum absolute atomic E-state index is 0.135. The number of fused-ring (bicyclic) bond motifs is 4. The number of anilines is 2. The fourth-order valence-electron chi connectivity index (χ4n) is 5.61. The molecule has 1 amide bonds. The summed E-state index contributed by atoms with van der Waals surface area (Å²) in [6.07, 6.45) is 6.95. The summed E-state index contributed by atoms with van der Waals surface area (Å²) in [5.74, 6) is 0.362. The number of sulfonamides is 1. The molecule has 6 rings (SSSR count). The molecule has 1 saturated carbocycles. The monoisotopic (exact) mass is 577 g/mol. The number of amides is 1. The molecule has 1 fully saturated rings. The summed E-state index contributed by atoms with van der Waals surface area (Å²) in [5.41, 5.74) is 4.10. The molecule has 9 nitrogen and oxygen atoms in total. The van der Waals surface area contributed by atoms with Crippen LogP contribution in [0.15, 0.2) is 58.4 Å². The normalized spacial score (nSPS) is 16.0. The van der Waals surface area contributed by atoms with Crippen LogP contribution in [-0.2, 0) is 20.2 Å². The number of thiophene rings is 1. The van der Waals surface area contributed by atoms with E-state index < -0.39 is 15.4 Å². The van der Waals surface area contributed by atoms with Gasteiger partial charge in [-0.25, -0.2) is 13.4 Å². The minimum Gasteiger partial charge on any atom is -0.476 e. The first kappa shape index (κ1) is 26.7. The van der Waals surface area contributed by atoms with Crippen molar-refractivity contribution in [3.63, 3.8) is 0 Å². The Morgan fingerprint density at radius 1 is 1.12 bits per heavy atom. The highest BCUT2D eigenvalue weighted by molar-refractivity contribution is 7.92. The van der Waals surface area contributed by atoms with E-state index in [4.69, 9.17) is 4.74 Å². The number of hydrogen-bond donors (Lipinski definition) is 1. The summed E-state index contributed by atoms with van der Waals surface area (Å²) in [7, 11) is 1.97. The van der Waals surface area contributed by atoms with Gasteiger partial charge in [-0.1, -0.05) is 12.5 Å². The maximum absolute atomic E-state index is 13.2. The molecular weight excluding hydrogens is 546 g/mol. The fourth-order valence-corrected chi connectivity index (χ4v) is 7.68. The number of nitrogens with one attached hydrogen (secondary N) is 1. The zero-order valence-corrected chi connectivity index (χ0v) is 24.3. The fraction of sp³-hybridized carbons (Fsp3) is 0.345. The number of ether oxygens (including phenoxy) is 1. The molecule has 1 spiro atoms. The number of likely N-dealkylation sites (N-methyl/N-ethyl adjacent to an activating group) is 1. The summed E-state index contributed by atoms with van der Waals surface area (Å²) in [5, 5.41) is 4.25. The Labute approximate surface area is 237 Å². The third-order valence-corrected chi connectivity index (χ3v) is 10.0. The summed E-state index contributed by atoms with van der Waals surface area (Å²) < 4.78 is 34.9. The molecule has 2 aliphatic rings. The molecule has 1 aliphatic carbocycles. The molecule has 40 heavy (non-hydrogen) atoms. The number of carbonyl (C=O) groups is 1. The maximum atomic E-state index is 13.2. The van der Waals surface area contributed by atoms with Crippen molar-refractivity contribution in [2.24, 2.45) is 0 Å². The number of aromatic nitrogens is 2. The third kappa shape index (κ3) is 4.51. The van der Waals surface area contributed by atoms with Gasteiger partial charge in [0.25, 0.3) is 10.0 Å². The van der Waals surface area contributed by atoms with Crippen LogP contribution in [0.2, 0.25) is 0 Å². The lowest BCUT2D eigenvalue weighted by molar-refractivity contribution is -0.125. The van der Waals surface area contributed by atoms with Crippen molar-refractivity contribution in [1.29, 1.82) is 0 Å². The van der Waals surface area contributed by atoms with Crippen LogP contribution >= 0.6 is 11.3 Å². The maximum Gasteiger partial charge on any atom is 0.262 e. The quantitative estimate of drug-likeness (QED) is 0.283. The van der Waals surface area contributed by atoms with Gasteiger partial charge in [0, 0.05) is 41.7 Å². The highest BCUT2D eigenvalue weighted by atomic mass is 32.2. The van der Waals surface area contributed by atoms with E-state index >= 15 is 0 Å². The van der Waals surface area contributed by atoms with Crippen molar-refractivity contribution in [1.82, 2.24) is 14.9 Å². The number of pyridine rings is 2. The van der Waals surface area contributed by atoms with Crippen LogP contribution < -0.4 is 14.4 Å². The summed E-state index contributed by atoms with van der Waals surface area (Å²) >= 11 is 1.31. The van der Waals surface area contributed by atoms with E-state index in [1.807, 2.05) is 39.3 Å². The zero-order chi connectivity index (χ0) is 28.1. The van der Waals surface area contributed by atoms with Gasteiger partial charge in [0.05, 0.1) is 34.3 Å². The summed E-state index contributed by atoms with van der Waals surface area (Å²) in [4.78, 5) is 26.4. The molecule has 11 heteroatoms. The van der Waals surface area contributed by atoms with Crippen molar-refractivity contribution in [3.8, 4) is 17.0 Å². The summed E-state index contributed by atoms with van der Waals surface area (Å²) in [6.45, 7) is 1.23. The lowest BCUT2D eigenvalue weighted by atomic mass is 9.64. The van der Waals surface area contributed by atoms with Crippen molar-refractivity contribution >= 4 is 49.5 Å². The van der Waals surface area contributed by atoms with E-state index in [1.54, 1.807) is 40.2 Å². The Morgan fingerprint density at radius 2 is 1.95 bits per heavy atom. The van der Waals surface area contributed by atoms with E-state index in [9.17, 15) is 13.2 Å². The Hall–Kier alpha value is -3.54. The number of rotatable bonds is 9. The van der Waals surface area contributed by atoms with Crippen LogP contribution in [0.5, 0.6) is 5.88 Å². The van der Waals surface area contributed by atoms with E-state index in [-0.39, 0.29) is 22.4 Å². The molecular formula is C29H31N5O4S2. The second kappa shape index (κ2) is 10.1. The molecule has 4 aromatic rings. The Balaban J connectivity index is 1.40. The molecule has 0 atom stereocenters. The van der Waals surface area contributed by atoms with Gasteiger partial charge in [0.2, 0.25) is 11.8 Å². The first-order valence-electron chi connectivity index (χ1n) is 13.2. The number of benzene rings is 1. The standard InChI is InChI=1S/C29H31N5O4S2/c1-33(2)11-5-12-38-27-24(32-40(36,37)21-8-13-39-18-21)15-20(16-31-27)19-6-7-23-22(14-19)26-25(17-30-23)34(3)28(35)29(26)9-4-10-29/h6-8,13-18,32H,4-5,9-12H2,1-3H3. The SMILES string of the molecule is CN(C)CCCOc1ncc(-c2ccc3ncc4c(c3c2)C2(CCC2)C(=O)N4C)cc1NS(=O)(=O)c1ccsc1. The van der Waals surface area contributed by atoms with E-state index in [0.29, 0.717) is 6.61 Å². The lowest BCUT2D eigenvalue weighted by Crippen LogP contribution is -2.43. The number of carbonyl (C=O) groups excluding carboxylic acids is 1. The molecule has 1 aromatic carbocycles. The van der Waals surface area contributed by atoms with Crippen molar-refractivity contribution in [2.75, 3.05) is 43.9 Å². The van der Waals surface area contributed by atoms with Gasteiger partial charge in [0.1, 0.15) is 5.69 Å². The Bertz CT molecular complexity index is 1700. The van der Waals surface area contributed by atoms with Crippen LogP contribution in [0.3, 0.4) is 0 Å². The van der Waals surface area contributed by atoms with Gasteiger partial charge in [0.15, 0.2) is 0 Å². The van der Waals surface area contributed by atoms with E-state index in [1.165, 1.54) is 11.3 Å².